The largest absolute Gasteiger partial charge is 0.435 e. The quantitative estimate of drug-likeness (QED) is 0.574. The first kappa shape index (κ1) is 20.4. The molecule has 3 aromatic rings. The Hall–Kier alpha value is -3.32. The van der Waals surface area contributed by atoms with Gasteiger partial charge >= 0.3 is 6.61 Å². The molecule has 29 heavy (non-hydrogen) atoms. The van der Waals surface area contributed by atoms with Crippen LogP contribution >= 0.6 is 0 Å². The van der Waals surface area contributed by atoms with Crippen LogP contribution in [0, 0.1) is 5.82 Å². The smallest absolute Gasteiger partial charge is 0.387 e. The summed E-state index contributed by atoms with van der Waals surface area (Å²) in [5.74, 6) is -0.878. The number of rotatable bonds is 8. The molecule has 0 spiro atoms. The first-order chi connectivity index (χ1) is 14.0. The van der Waals surface area contributed by atoms with Gasteiger partial charge in [-0.25, -0.2) is 4.39 Å². The molecule has 0 heterocycles. The van der Waals surface area contributed by atoms with E-state index in [1.165, 1.54) is 30.3 Å². The van der Waals surface area contributed by atoms with Crippen molar-refractivity contribution in [1.29, 1.82) is 0 Å². The van der Waals surface area contributed by atoms with Crippen molar-refractivity contribution in [3.05, 3.63) is 95.8 Å². The molecule has 0 aliphatic carbocycles. The van der Waals surface area contributed by atoms with Gasteiger partial charge in [0.25, 0.3) is 0 Å². The van der Waals surface area contributed by atoms with Gasteiger partial charge in [0.15, 0.2) is 0 Å². The summed E-state index contributed by atoms with van der Waals surface area (Å²) in [6.45, 7) is -2.98. The maximum absolute atomic E-state index is 13.7. The summed E-state index contributed by atoms with van der Waals surface area (Å²) >= 11 is 0. The molecule has 3 rings (SSSR count). The monoisotopic (exact) mass is 400 g/mol. The lowest BCUT2D eigenvalue weighted by molar-refractivity contribution is -0.115. The number of ether oxygens (including phenoxy) is 1. The molecule has 150 valence electrons. The van der Waals surface area contributed by atoms with E-state index in [1.807, 2.05) is 30.3 Å². The molecule has 0 saturated carbocycles. The number of carbonyl (C=O) groups is 1. The van der Waals surface area contributed by atoms with Crippen molar-refractivity contribution >= 4 is 11.6 Å². The van der Waals surface area contributed by atoms with Crippen molar-refractivity contribution in [1.82, 2.24) is 5.32 Å². The number of hydrogen-bond acceptors (Lipinski definition) is 3. The molecule has 0 radical (unpaired) electrons. The fourth-order valence-electron chi connectivity index (χ4n) is 2.87. The number of halogens is 3. The molecule has 0 unspecified atom stereocenters. The van der Waals surface area contributed by atoms with Crippen LogP contribution < -0.4 is 15.4 Å². The zero-order chi connectivity index (χ0) is 20.6. The van der Waals surface area contributed by atoms with Crippen LogP contribution in [0.3, 0.4) is 0 Å². The molecule has 0 aliphatic heterocycles. The average Bonchev–Trinajstić information content (AvgIpc) is 2.71. The molecule has 1 atom stereocenters. The minimum absolute atomic E-state index is 0.0489. The standard InChI is InChI=1S/C22H19F3N2O2/c23-18-8-4-5-9-19(18)27-20(28)14-26-21(15-6-2-1-3-7-15)16-10-12-17(13-11-16)29-22(24)25/h1-13,21-22,26H,14H2,(H,27,28)/t21-/m1/s1. The number of benzene rings is 3. The van der Waals surface area contributed by atoms with Gasteiger partial charge in [-0.05, 0) is 35.4 Å². The van der Waals surface area contributed by atoms with Crippen LogP contribution in [0.2, 0.25) is 0 Å². The van der Waals surface area contributed by atoms with Crippen LogP contribution in [0.15, 0.2) is 78.9 Å². The second-order valence-corrected chi connectivity index (χ2v) is 6.20. The van der Waals surface area contributed by atoms with Crippen molar-refractivity contribution in [2.45, 2.75) is 12.7 Å². The van der Waals surface area contributed by atoms with Crippen molar-refractivity contribution in [2.75, 3.05) is 11.9 Å². The third-order valence-corrected chi connectivity index (χ3v) is 4.19. The number of nitrogens with one attached hydrogen (secondary N) is 2. The molecule has 0 bridgehead atoms. The molecular formula is C22H19F3N2O2. The third-order valence-electron chi connectivity index (χ3n) is 4.19. The van der Waals surface area contributed by atoms with E-state index in [2.05, 4.69) is 15.4 Å². The normalized spacial score (nSPS) is 11.9. The van der Waals surface area contributed by atoms with Gasteiger partial charge in [-0.3, -0.25) is 10.1 Å². The highest BCUT2D eigenvalue weighted by molar-refractivity contribution is 5.92. The van der Waals surface area contributed by atoms with Crippen LogP contribution in [0.25, 0.3) is 0 Å². The number of amides is 1. The van der Waals surface area contributed by atoms with E-state index in [0.29, 0.717) is 0 Å². The summed E-state index contributed by atoms with van der Waals surface area (Å²) in [4.78, 5) is 12.3. The number of alkyl halides is 2. The maximum Gasteiger partial charge on any atom is 0.387 e. The highest BCUT2D eigenvalue weighted by atomic mass is 19.3. The van der Waals surface area contributed by atoms with Crippen molar-refractivity contribution in [3.8, 4) is 5.75 Å². The van der Waals surface area contributed by atoms with Gasteiger partial charge in [0.1, 0.15) is 11.6 Å². The third kappa shape index (κ3) is 5.83. The Kier molecular flexibility index (Phi) is 6.86. The van der Waals surface area contributed by atoms with E-state index in [-0.39, 0.29) is 24.0 Å². The molecule has 2 N–H and O–H groups in total. The zero-order valence-electron chi connectivity index (χ0n) is 15.3. The summed E-state index contributed by atoms with van der Waals surface area (Å²) in [6, 6.07) is 21.1. The van der Waals surface area contributed by atoms with Crippen LogP contribution in [0.5, 0.6) is 5.75 Å². The van der Waals surface area contributed by atoms with Crippen LogP contribution in [-0.4, -0.2) is 19.1 Å². The maximum atomic E-state index is 13.7. The molecule has 1 amide bonds. The van der Waals surface area contributed by atoms with Crippen molar-refractivity contribution in [2.24, 2.45) is 0 Å². The van der Waals surface area contributed by atoms with Crippen LogP contribution in [0.4, 0.5) is 18.9 Å². The summed E-state index contributed by atoms with van der Waals surface area (Å²) in [5.41, 5.74) is 1.74. The number of para-hydroxylation sites is 1. The van der Waals surface area contributed by atoms with Gasteiger partial charge in [-0.15, -0.1) is 0 Å². The molecule has 4 nitrogen and oxygen atoms in total. The molecular weight excluding hydrogens is 381 g/mol. The fraction of sp³-hybridized carbons (Fsp3) is 0.136. The second-order valence-electron chi connectivity index (χ2n) is 6.20. The topological polar surface area (TPSA) is 50.4 Å². The molecule has 7 heteroatoms. The SMILES string of the molecule is O=C(CN[C@H](c1ccccc1)c1ccc(OC(F)F)cc1)Nc1ccccc1F. The van der Waals surface area contributed by atoms with E-state index in [1.54, 1.807) is 18.2 Å². The average molecular weight is 400 g/mol. The summed E-state index contributed by atoms with van der Waals surface area (Å²) in [5, 5.41) is 5.65. The van der Waals surface area contributed by atoms with Gasteiger partial charge in [-0.1, -0.05) is 54.6 Å². The predicted molar refractivity (Wildman–Crippen MR) is 104 cm³/mol. The van der Waals surface area contributed by atoms with E-state index in [9.17, 15) is 18.0 Å². The van der Waals surface area contributed by atoms with Gasteiger partial charge in [0, 0.05) is 0 Å². The summed E-state index contributed by atoms with van der Waals surface area (Å²) in [6.07, 6.45) is 0. The molecule has 0 fully saturated rings. The van der Waals surface area contributed by atoms with Crippen LogP contribution in [-0.2, 0) is 4.79 Å². The van der Waals surface area contributed by atoms with E-state index in [4.69, 9.17) is 0 Å². The summed E-state index contributed by atoms with van der Waals surface area (Å²) in [7, 11) is 0. The predicted octanol–water partition coefficient (Wildman–Crippen LogP) is 4.74. The Morgan fingerprint density at radius 2 is 1.48 bits per heavy atom. The second kappa shape index (κ2) is 9.75. The molecule has 3 aromatic carbocycles. The number of anilines is 1. The number of hydrogen-bond donors (Lipinski definition) is 2. The first-order valence-electron chi connectivity index (χ1n) is 8.90. The van der Waals surface area contributed by atoms with E-state index >= 15 is 0 Å². The first-order valence-corrected chi connectivity index (χ1v) is 8.90. The minimum Gasteiger partial charge on any atom is -0.435 e. The highest BCUT2D eigenvalue weighted by Crippen LogP contribution is 2.25. The molecule has 0 saturated heterocycles. The Labute approximate surface area is 166 Å². The number of carbonyl (C=O) groups excluding carboxylic acids is 1. The van der Waals surface area contributed by atoms with Gasteiger partial charge < -0.3 is 10.1 Å². The fourth-order valence-corrected chi connectivity index (χ4v) is 2.87. The van der Waals surface area contributed by atoms with Gasteiger partial charge in [0.2, 0.25) is 5.91 Å². The Balaban J connectivity index is 1.73. The lowest BCUT2D eigenvalue weighted by Gasteiger charge is -2.20. The highest BCUT2D eigenvalue weighted by Gasteiger charge is 2.16. The Morgan fingerprint density at radius 3 is 2.14 bits per heavy atom. The lowest BCUT2D eigenvalue weighted by Crippen LogP contribution is -2.32. The van der Waals surface area contributed by atoms with E-state index < -0.39 is 18.3 Å². The van der Waals surface area contributed by atoms with E-state index in [0.717, 1.165) is 11.1 Å². The summed E-state index contributed by atoms with van der Waals surface area (Å²) < 4.78 is 42.8. The van der Waals surface area contributed by atoms with Gasteiger partial charge in [0.05, 0.1) is 18.3 Å². The van der Waals surface area contributed by atoms with Crippen LogP contribution in [0.1, 0.15) is 17.2 Å². The van der Waals surface area contributed by atoms with Crippen molar-refractivity contribution < 1.29 is 22.7 Å². The minimum atomic E-state index is -2.90. The van der Waals surface area contributed by atoms with Crippen molar-refractivity contribution in [3.63, 3.8) is 0 Å². The Morgan fingerprint density at radius 1 is 0.862 bits per heavy atom. The lowest BCUT2D eigenvalue weighted by atomic mass is 9.98. The Bertz CT molecular complexity index is 934. The van der Waals surface area contributed by atoms with Gasteiger partial charge in [-0.2, -0.15) is 8.78 Å². The molecule has 0 aromatic heterocycles. The zero-order valence-corrected chi connectivity index (χ0v) is 15.3. The molecule has 0 aliphatic rings.